The van der Waals surface area contributed by atoms with Crippen molar-refractivity contribution in [1.82, 2.24) is 79.3 Å². The van der Waals surface area contributed by atoms with Crippen molar-refractivity contribution in [1.29, 1.82) is 0 Å². The van der Waals surface area contributed by atoms with Crippen molar-refractivity contribution in [3.05, 3.63) is 0 Å². The van der Waals surface area contributed by atoms with E-state index in [-0.39, 0.29) is 128 Å². The molecule has 15 atom stereocenters. The van der Waals surface area contributed by atoms with E-state index in [0.717, 1.165) is 11.3 Å². The predicted octanol–water partition coefficient (Wildman–Crippen LogP) is -10.7. The lowest BCUT2D eigenvalue weighted by molar-refractivity contribution is -0.144. The van der Waals surface area contributed by atoms with Gasteiger partial charge in [-0.05, 0) is 165 Å². The largest absolute Gasteiger partial charge is 0.481 e. The maximum atomic E-state index is 14.7. The van der Waals surface area contributed by atoms with Crippen LogP contribution in [0, 0.1) is 11.8 Å². The van der Waals surface area contributed by atoms with Crippen molar-refractivity contribution >= 4 is 130 Å². The summed E-state index contributed by atoms with van der Waals surface area (Å²) in [6.07, 6.45) is 0.508. The van der Waals surface area contributed by atoms with Crippen LogP contribution in [0.25, 0.3) is 0 Å². The number of carbonyl (C=O) groups is 18. The molecule has 2 fully saturated rings. The zero-order chi connectivity index (χ0) is 92.6. The Hall–Kier alpha value is -10.9. The van der Waals surface area contributed by atoms with Gasteiger partial charge in [-0.2, -0.15) is 11.8 Å². The number of hydrogen-bond acceptors (Lipinski definition) is 27. The third-order valence-electron chi connectivity index (χ3n) is 19.7. The maximum Gasteiger partial charge on any atom is 0.326 e. The second-order valence-electron chi connectivity index (χ2n) is 30.5. The van der Waals surface area contributed by atoms with Crippen LogP contribution in [0.4, 0.5) is 0 Å². The summed E-state index contributed by atoms with van der Waals surface area (Å²) in [7, 11) is 0. The Labute approximate surface area is 716 Å². The number of aliphatic hydroxyl groups is 3. The lowest BCUT2D eigenvalue weighted by atomic mass is 10.00. The molecule has 2 rings (SSSR count). The molecule has 0 saturated carbocycles. The Morgan fingerprint density at radius 2 is 0.780 bits per heavy atom. The van der Waals surface area contributed by atoms with Gasteiger partial charge in [0.05, 0.1) is 25.9 Å². The normalized spacial score (nSPS) is 16.8. The molecule has 0 aromatic carbocycles. The summed E-state index contributed by atoms with van der Waals surface area (Å²) < 4.78 is 0. The highest BCUT2D eigenvalue weighted by Crippen LogP contribution is 2.21. The molecule has 35 N–H and O–H groups in total. The van der Waals surface area contributed by atoms with E-state index in [1.54, 1.807) is 34.0 Å². The first-order chi connectivity index (χ1) is 58.2. The van der Waals surface area contributed by atoms with Gasteiger partial charge < -0.3 is 151 Å². The van der Waals surface area contributed by atoms with E-state index in [2.05, 4.69) is 84.4 Å². The fourth-order valence-electron chi connectivity index (χ4n) is 12.9. The fourth-order valence-corrected chi connectivity index (χ4v) is 13.4. The van der Waals surface area contributed by atoms with Crippen LogP contribution in [0.1, 0.15) is 169 Å². The molecule has 2 heterocycles. The molecule has 2 aliphatic rings. The zero-order valence-electron chi connectivity index (χ0n) is 70.4. The lowest BCUT2D eigenvalue weighted by Gasteiger charge is -2.30. The van der Waals surface area contributed by atoms with Crippen LogP contribution < -0.4 is 120 Å². The maximum absolute atomic E-state index is 14.7. The molecule has 0 bridgehead atoms. The monoisotopic (exact) mass is 1770 g/mol. The first kappa shape index (κ1) is 108. The number of nitrogens with zero attached hydrogens (tertiary/aromatic N) is 3. The number of aliphatic imine (C=N–C) groups is 2. The van der Waals surface area contributed by atoms with Gasteiger partial charge >= 0.3 is 11.9 Å². The van der Waals surface area contributed by atoms with Crippen LogP contribution in [0.2, 0.25) is 0 Å². The summed E-state index contributed by atoms with van der Waals surface area (Å²) in [5.74, 6) is -20.2. The molecule has 123 heavy (non-hydrogen) atoms. The smallest absolute Gasteiger partial charge is 0.326 e. The lowest BCUT2D eigenvalue weighted by Crippen LogP contribution is -2.62. The number of nitrogens with two attached hydrogens (primary N) is 8. The third kappa shape index (κ3) is 41.2. The summed E-state index contributed by atoms with van der Waals surface area (Å²) in [5, 5.41) is 85.7. The molecule has 49 heteroatoms. The van der Waals surface area contributed by atoms with Gasteiger partial charge in [0.1, 0.15) is 84.6 Å². The summed E-state index contributed by atoms with van der Waals surface area (Å²) in [6.45, 7) is 3.39. The van der Waals surface area contributed by atoms with E-state index in [9.17, 15) is 112 Å². The number of guanidine groups is 2. The second-order valence-corrected chi connectivity index (χ2v) is 31.5. The van der Waals surface area contributed by atoms with Gasteiger partial charge in [-0.25, -0.2) is 4.79 Å². The molecule has 0 aromatic heterocycles. The molecule has 2 aliphatic heterocycles. The molecule has 0 aliphatic carbocycles. The predicted molar refractivity (Wildman–Crippen MR) is 446 cm³/mol. The Morgan fingerprint density at radius 1 is 0.415 bits per heavy atom. The molecule has 0 spiro atoms. The van der Waals surface area contributed by atoms with Crippen molar-refractivity contribution in [3.63, 3.8) is 0 Å². The summed E-state index contributed by atoms with van der Waals surface area (Å²) in [4.78, 5) is 255. The van der Waals surface area contributed by atoms with Gasteiger partial charge in [0.15, 0.2) is 11.9 Å². The van der Waals surface area contributed by atoms with E-state index < -0.39 is 255 Å². The van der Waals surface area contributed by atoms with E-state index in [1.807, 2.05) is 0 Å². The number of nitrogens with one attached hydrogen (secondary N) is 14. The number of amides is 16. The summed E-state index contributed by atoms with van der Waals surface area (Å²) in [5.41, 5.74) is 44.7. The van der Waals surface area contributed by atoms with Gasteiger partial charge in [-0.1, -0.05) is 27.7 Å². The van der Waals surface area contributed by atoms with Crippen LogP contribution in [0.15, 0.2) is 9.98 Å². The SMILES string of the molecule is CSCC[C@H](NC(=O)[C@H](CC(C)C)NC(=O)[C@H](CCC(=O)O)NC(=O)[C@@H]1CCCN1C(=O)[C@H](CO)NC(=O)[C@H](CO)NC(=O)[C@H](CO)NC(=O)[C@H](CCCN=C(N)N)NC(=O)[C@H](CCC(N)=O)NC(=O)[C@H](CCCN=C(N)N)NC(=O)[C@H](CCCCN)NC(=O)[C@@H](NC(=O)[C@H](CCC(N)=O)NC(=O)[C@H](CCCCN)NC(=O)[C@@H]1CCCN1)C(C)C)C(=O)O. The Balaban J connectivity index is 2.50. The van der Waals surface area contributed by atoms with Crippen molar-refractivity contribution in [2.45, 2.75) is 260 Å². The minimum Gasteiger partial charge on any atom is -0.481 e. The number of hydrogen-bond donors (Lipinski definition) is 27. The van der Waals surface area contributed by atoms with Crippen LogP contribution in [-0.4, -0.2) is 311 Å². The number of carbonyl (C=O) groups excluding carboxylic acids is 16. The number of likely N-dealkylation sites (tertiary alicyclic amines) is 1. The number of carboxylic acids is 2. The van der Waals surface area contributed by atoms with Gasteiger partial charge in [0, 0.05) is 38.9 Å². The van der Waals surface area contributed by atoms with Gasteiger partial charge in [-0.3, -0.25) is 91.5 Å². The third-order valence-corrected chi connectivity index (χ3v) is 20.3. The Morgan fingerprint density at radius 3 is 1.17 bits per heavy atom. The number of unbranched alkanes of at least 4 members (excludes halogenated alkanes) is 2. The number of primary amides is 2. The van der Waals surface area contributed by atoms with Crippen LogP contribution >= 0.6 is 11.8 Å². The standard InChI is InChI=1S/C74H131N25O23S/c1-38(2)34-49(66(115)93-48(72(121)122)26-33-123-5)94-64(113)47(22-25-56(105)106)91-69(118)53-19-13-32-99(53)71(120)52(37-102)97-68(117)51(36-101)96-67(116)50(35-100)95-62(111)44(18-12-31-85-74(81)82)88-63(112)45(20-23-54(77)103)89-61(110)43(17-11-30-84-73(79)80)87-60(109)42(15-7-9-28-76)92-70(119)57(39(3)4)98-65(114)46(21-24-55(78)104)90-59(108)41(14-6-8-27-75)86-58(107)40-16-10-29-83-40/h38-53,57,83,100-102H,6-37,75-76H2,1-5H3,(H2,77,103)(H2,78,104)(H,86,107)(H,87,109)(H,88,112)(H,89,110)(H,90,108)(H,91,118)(H,92,119)(H,93,115)(H,94,113)(H,95,111)(H,96,116)(H,97,117)(H,98,114)(H,105,106)(H,121,122)(H4,79,80,84)(H4,81,82,85)/t40-,41-,42-,43-,44-,45-,46-,47-,48-,49-,50-,51-,52-,53-,57-/m0/s1. The van der Waals surface area contributed by atoms with E-state index >= 15 is 0 Å². The molecule has 0 unspecified atom stereocenters. The molecule has 16 amide bonds. The zero-order valence-corrected chi connectivity index (χ0v) is 71.2. The average Bonchev–Trinajstić information content (AvgIpc) is 1.72. The van der Waals surface area contributed by atoms with Gasteiger partial charge in [0.25, 0.3) is 0 Å². The average molecular weight is 1770 g/mol. The topological polar surface area (TPSA) is 813 Å². The van der Waals surface area contributed by atoms with Crippen molar-refractivity contribution in [3.8, 4) is 0 Å². The highest BCUT2D eigenvalue weighted by molar-refractivity contribution is 7.98. The van der Waals surface area contributed by atoms with Crippen molar-refractivity contribution in [2.24, 2.45) is 67.7 Å². The van der Waals surface area contributed by atoms with Crippen molar-refractivity contribution in [2.75, 3.05) is 71.1 Å². The molecule has 0 aromatic rings. The first-order valence-corrected chi connectivity index (χ1v) is 42.4. The van der Waals surface area contributed by atoms with E-state index in [1.165, 1.54) is 11.8 Å². The highest BCUT2D eigenvalue weighted by atomic mass is 32.2. The summed E-state index contributed by atoms with van der Waals surface area (Å²) >= 11 is 1.33. The highest BCUT2D eigenvalue weighted by Gasteiger charge is 2.42. The van der Waals surface area contributed by atoms with Crippen molar-refractivity contribution < 1.29 is 112 Å². The van der Waals surface area contributed by atoms with Crippen LogP contribution in [-0.2, 0) is 86.3 Å². The number of aliphatic hydroxyl groups excluding tert-OH is 3. The number of thioether (sulfide) groups is 1. The molecule has 0 radical (unpaired) electrons. The van der Waals surface area contributed by atoms with E-state index in [4.69, 9.17) is 45.9 Å². The molecule has 48 nitrogen and oxygen atoms in total. The minimum atomic E-state index is -2.04. The Kier molecular flexibility index (Phi) is 51.2. The van der Waals surface area contributed by atoms with Gasteiger partial charge in [0.2, 0.25) is 94.5 Å². The number of aliphatic carboxylic acids is 2. The molecule has 696 valence electrons. The minimum absolute atomic E-state index is 0.0149. The molecule has 2 saturated heterocycles. The van der Waals surface area contributed by atoms with E-state index in [0.29, 0.717) is 38.0 Å². The summed E-state index contributed by atoms with van der Waals surface area (Å²) in [6, 6.07) is -23.1. The van der Waals surface area contributed by atoms with Crippen LogP contribution in [0.5, 0.6) is 0 Å². The second kappa shape index (κ2) is 58.2. The van der Waals surface area contributed by atoms with Gasteiger partial charge in [-0.15, -0.1) is 0 Å². The Bertz CT molecular complexity index is 3590. The quantitative estimate of drug-likeness (QED) is 0.0153. The van der Waals surface area contributed by atoms with Crippen LogP contribution in [0.3, 0.4) is 0 Å². The fraction of sp³-hybridized carbons (Fsp3) is 0.730. The molecular weight excluding hydrogens is 1640 g/mol. The number of carboxylic acid groups (broad SMARTS) is 2. The first-order valence-electron chi connectivity index (χ1n) is 41.0. The molecular formula is C74H131N25O23S. The number of rotatable bonds is 62.